The number of hydrogen-bond acceptors (Lipinski definition) is 3. The molecule has 6 rings (SSSR count). The second-order valence-corrected chi connectivity index (χ2v) is 9.26. The lowest BCUT2D eigenvalue weighted by molar-refractivity contribution is -0.120. The Morgan fingerprint density at radius 2 is 1.77 bits per heavy atom. The predicted octanol–water partition coefficient (Wildman–Crippen LogP) is 6.16. The summed E-state index contributed by atoms with van der Waals surface area (Å²) < 4.78 is 6.79. The van der Waals surface area contributed by atoms with Gasteiger partial charge in [-0.05, 0) is 53.8 Å². The van der Waals surface area contributed by atoms with Crippen LogP contribution in [0.3, 0.4) is 0 Å². The van der Waals surface area contributed by atoms with Crippen LogP contribution < -0.4 is 9.64 Å². The topological polar surface area (TPSA) is 29.5 Å². The number of nitrogens with zero attached hydrogens (tertiary/aromatic N) is 1. The molecule has 0 saturated carbocycles. The van der Waals surface area contributed by atoms with Gasteiger partial charge in [-0.15, -0.1) is 11.3 Å². The third kappa shape index (κ3) is 2.37. The zero-order valence-corrected chi connectivity index (χ0v) is 18.2. The fraction of sp³-hybridized carbons (Fsp3) is 0.148. The lowest BCUT2D eigenvalue weighted by Crippen LogP contribution is -2.40. The fourth-order valence-electron chi connectivity index (χ4n) is 5.21. The van der Waals surface area contributed by atoms with Gasteiger partial charge >= 0.3 is 0 Å². The van der Waals surface area contributed by atoms with E-state index in [-0.39, 0.29) is 5.91 Å². The molecule has 4 aromatic rings. The summed E-state index contributed by atoms with van der Waals surface area (Å²) in [6.07, 6.45) is 2.20. The number of rotatable bonds is 3. The number of fused-ring (bicyclic) bond motifs is 6. The summed E-state index contributed by atoms with van der Waals surface area (Å²) in [4.78, 5) is 17.5. The van der Waals surface area contributed by atoms with E-state index in [0.29, 0.717) is 6.54 Å². The molecule has 4 heteroatoms. The van der Waals surface area contributed by atoms with Gasteiger partial charge in [0.05, 0.1) is 13.7 Å². The van der Waals surface area contributed by atoms with Crippen molar-refractivity contribution in [1.82, 2.24) is 0 Å². The van der Waals surface area contributed by atoms with Crippen molar-refractivity contribution in [3.8, 4) is 5.75 Å². The third-order valence-electron chi connectivity index (χ3n) is 6.58. The molecular formula is C27H21NO2S. The Hall–Kier alpha value is -3.37. The smallest absolute Gasteiger partial charge is 0.246 e. The molecule has 0 bridgehead atoms. The molecule has 1 aliphatic carbocycles. The second-order valence-electron chi connectivity index (χ2n) is 8.17. The van der Waals surface area contributed by atoms with Gasteiger partial charge in [-0.1, -0.05) is 48.5 Å². The van der Waals surface area contributed by atoms with Crippen molar-refractivity contribution in [2.45, 2.75) is 18.9 Å². The average molecular weight is 424 g/mol. The van der Waals surface area contributed by atoms with Gasteiger partial charge in [0, 0.05) is 26.4 Å². The standard InChI is InChI=1S/C27H21NO2S/c1-17-14-24-25(20-10-6-7-11-23(20)31-24)27(17)21-15-19(30-2)12-13-22(21)28(26(27)29)16-18-8-4-3-5-9-18/h3-15H,16H2,1-2H3/t27-/m0/s1. The lowest BCUT2D eigenvalue weighted by Gasteiger charge is -2.27. The number of amides is 1. The highest BCUT2D eigenvalue weighted by Crippen LogP contribution is 2.59. The van der Waals surface area contributed by atoms with Crippen molar-refractivity contribution in [3.05, 3.63) is 99.9 Å². The Bertz CT molecular complexity index is 1390. The van der Waals surface area contributed by atoms with Crippen molar-refractivity contribution in [2.24, 2.45) is 0 Å². The lowest BCUT2D eigenvalue weighted by atomic mass is 9.72. The highest BCUT2D eigenvalue weighted by atomic mass is 32.1. The summed E-state index contributed by atoms with van der Waals surface area (Å²) in [5.41, 5.74) is 4.50. The first-order valence-corrected chi connectivity index (χ1v) is 11.2. The maximum atomic E-state index is 14.4. The molecule has 31 heavy (non-hydrogen) atoms. The van der Waals surface area contributed by atoms with Crippen molar-refractivity contribution in [1.29, 1.82) is 0 Å². The molecule has 1 spiro atoms. The summed E-state index contributed by atoms with van der Waals surface area (Å²) in [6, 6.07) is 24.6. The monoisotopic (exact) mass is 423 g/mol. The normalized spacial score (nSPS) is 19.1. The zero-order chi connectivity index (χ0) is 21.2. The summed E-state index contributed by atoms with van der Waals surface area (Å²) >= 11 is 1.76. The van der Waals surface area contributed by atoms with E-state index in [9.17, 15) is 4.79 Å². The molecule has 1 amide bonds. The van der Waals surface area contributed by atoms with Crippen molar-refractivity contribution >= 4 is 39.1 Å². The number of hydrogen-bond donors (Lipinski definition) is 0. The van der Waals surface area contributed by atoms with Gasteiger partial charge in [0.15, 0.2) is 0 Å². The van der Waals surface area contributed by atoms with Crippen LogP contribution in [0.25, 0.3) is 16.2 Å². The number of thiophene rings is 1. The van der Waals surface area contributed by atoms with E-state index in [1.54, 1.807) is 18.4 Å². The van der Waals surface area contributed by atoms with Gasteiger partial charge in [0.25, 0.3) is 0 Å². The van der Waals surface area contributed by atoms with E-state index in [4.69, 9.17) is 4.74 Å². The van der Waals surface area contributed by atoms with Gasteiger partial charge in [-0.25, -0.2) is 0 Å². The molecule has 1 atom stereocenters. The van der Waals surface area contributed by atoms with Crippen LogP contribution >= 0.6 is 11.3 Å². The van der Waals surface area contributed by atoms with Crippen LogP contribution in [0.1, 0.15) is 28.5 Å². The first kappa shape index (κ1) is 18.4. The Morgan fingerprint density at radius 1 is 1.00 bits per heavy atom. The van der Waals surface area contributed by atoms with Crippen LogP contribution in [-0.2, 0) is 16.8 Å². The van der Waals surface area contributed by atoms with Crippen LogP contribution in [0.4, 0.5) is 5.69 Å². The molecule has 0 fully saturated rings. The third-order valence-corrected chi connectivity index (χ3v) is 7.70. The molecule has 3 nitrogen and oxygen atoms in total. The summed E-state index contributed by atoms with van der Waals surface area (Å²) in [6.45, 7) is 2.64. The van der Waals surface area contributed by atoms with Gasteiger partial charge in [-0.3, -0.25) is 4.79 Å². The molecule has 2 heterocycles. The maximum absolute atomic E-state index is 14.4. The van der Waals surface area contributed by atoms with Gasteiger partial charge < -0.3 is 9.64 Å². The Kier molecular flexibility index (Phi) is 3.90. The highest BCUT2D eigenvalue weighted by Gasteiger charge is 2.57. The molecular weight excluding hydrogens is 402 g/mol. The van der Waals surface area contributed by atoms with Crippen molar-refractivity contribution in [2.75, 3.05) is 12.0 Å². The number of carbonyl (C=O) groups is 1. The van der Waals surface area contributed by atoms with E-state index in [1.165, 1.54) is 15.0 Å². The van der Waals surface area contributed by atoms with E-state index >= 15 is 0 Å². The number of anilines is 1. The van der Waals surface area contributed by atoms with Crippen LogP contribution in [-0.4, -0.2) is 13.0 Å². The number of ether oxygens (including phenoxy) is 1. The molecule has 1 aliphatic heterocycles. The maximum Gasteiger partial charge on any atom is 0.246 e. The fourth-order valence-corrected chi connectivity index (χ4v) is 6.47. The summed E-state index contributed by atoms with van der Waals surface area (Å²) in [7, 11) is 1.68. The molecule has 1 aromatic heterocycles. The summed E-state index contributed by atoms with van der Waals surface area (Å²) in [5, 5.41) is 1.17. The molecule has 2 aliphatic rings. The first-order chi connectivity index (χ1) is 15.1. The Labute approximate surface area is 185 Å². The Morgan fingerprint density at radius 3 is 2.58 bits per heavy atom. The minimum atomic E-state index is -0.798. The van der Waals surface area contributed by atoms with E-state index in [1.807, 2.05) is 35.2 Å². The average Bonchev–Trinajstić information content (AvgIpc) is 3.38. The molecule has 0 unspecified atom stereocenters. The van der Waals surface area contributed by atoms with Crippen molar-refractivity contribution in [3.63, 3.8) is 0 Å². The zero-order valence-electron chi connectivity index (χ0n) is 17.4. The number of methoxy groups -OCH3 is 1. The molecule has 3 aromatic carbocycles. The molecule has 152 valence electrons. The first-order valence-electron chi connectivity index (χ1n) is 10.4. The van der Waals surface area contributed by atoms with Gasteiger partial charge in [0.2, 0.25) is 5.91 Å². The van der Waals surface area contributed by atoms with Crippen LogP contribution in [0.15, 0.2) is 78.4 Å². The van der Waals surface area contributed by atoms with E-state index in [2.05, 4.69) is 55.5 Å². The van der Waals surface area contributed by atoms with E-state index < -0.39 is 5.41 Å². The molecule has 0 N–H and O–H groups in total. The second kappa shape index (κ2) is 6.56. The number of carbonyl (C=O) groups excluding carboxylic acids is 1. The van der Waals surface area contributed by atoms with Crippen LogP contribution in [0, 0.1) is 0 Å². The van der Waals surface area contributed by atoms with Crippen molar-refractivity contribution < 1.29 is 9.53 Å². The quantitative estimate of drug-likeness (QED) is 0.395. The highest BCUT2D eigenvalue weighted by molar-refractivity contribution is 7.20. The largest absolute Gasteiger partial charge is 0.497 e. The summed E-state index contributed by atoms with van der Waals surface area (Å²) in [5.74, 6) is 0.893. The minimum Gasteiger partial charge on any atom is -0.497 e. The van der Waals surface area contributed by atoms with Crippen LogP contribution in [0.5, 0.6) is 5.75 Å². The SMILES string of the molecule is COc1ccc2c(c1)[C@@]1(C(=O)N2Cc2ccccc2)C(C)=Cc2sc3ccccc3c21. The van der Waals surface area contributed by atoms with Crippen LogP contribution in [0.2, 0.25) is 0 Å². The molecule has 0 saturated heterocycles. The Balaban J connectivity index is 1.64. The van der Waals surface area contributed by atoms with Gasteiger partial charge in [0.1, 0.15) is 11.2 Å². The molecule has 0 radical (unpaired) electrons. The predicted molar refractivity (Wildman–Crippen MR) is 127 cm³/mol. The minimum absolute atomic E-state index is 0.121. The van der Waals surface area contributed by atoms with Gasteiger partial charge in [-0.2, -0.15) is 0 Å². The van der Waals surface area contributed by atoms with E-state index in [0.717, 1.165) is 33.7 Å². The number of benzene rings is 3.